The molecule has 162 valence electrons. The summed E-state index contributed by atoms with van der Waals surface area (Å²) in [5.74, 6) is -0.0323. The van der Waals surface area contributed by atoms with Crippen molar-refractivity contribution in [1.29, 1.82) is 0 Å². The lowest BCUT2D eigenvalue weighted by Gasteiger charge is -2.35. The molecule has 0 aliphatic carbocycles. The first-order valence-electron chi connectivity index (χ1n) is 10.5. The van der Waals surface area contributed by atoms with Gasteiger partial charge in [0.15, 0.2) is 0 Å². The smallest absolute Gasteiger partial charge is 0.244 e. The summed E-state index contributed by atoms with van der Waals surface area (Å²) in [6.45, 7) is 3.29. The summed E-state index contributed by atoms with van der Waals surface area (Å²) >= 11 is 0. The van der Waals surface area contributed by atoms with Crippen molar-refractivity contribution in [3.05, 3.63) is 78.4 Å². The normalized spacial score (nSPS) is 16.2. The summed E-state index contributed by atoms with van der Waals surface area (Å²) < 4.78 is 26.9. The minimum absolute atomic E-state index is 0.0122. The molecule has 6 nitrogen and oxygen atoms in total. The molecule has 4 rings (SSSR count). The highest BCUT2D eigenvalue weighted by Crippen LogP contribution is 2.20. The van der Waals surface area contributed by atoms with Gasteiger partial charge in [0.2, 0.25) is 15.9 Å². The lowest BCUT2D eigenvalue weighted by molar-refractivity contribution is -0.132. The molecule has 31 heavy (non-hydrogen) atoms. The van der Waals surface area contributed by atoms with Crippen LogP contribution in [-0.2, 0) is 20.6 Å². The largest absolute Gasteiger partial charge is 0.374 e. The van der Waals surface area contributed by atoms with Crippen molar-refractivity contribution in [3.8, 4) is 0 Å². The first-order valence-corrected chi connectivity index (χ1v) is 12.1. The predicted octanol–water partition coefficient (Wildman–Crippen LogP) is 3.31. The Morgan fingerprint density at radius 2 is 1.55 bits per heavy atom. The van der Waals surface area contributed by atoms with E-state index in [1.807, 2.05) is 73.7 Å². The minimum Gasteiger partial charge on any atom is -0.374 e. The van der Waals surface area contributed by atoms with Gasteiger partial charge in [-0.25, -0.2) is 8.42 Å². The Balaban J connectivity index is 1.33. The second-order valence-corrected chi connectivity index (χ2v) is 9.86. The van der Waals surface area contributed by atoms with Crippen LogP contribution in [0.2, 0.25) is 0 Å². The maximum absolute atomic E-state index is 12.9. The lowest BCUT2D eigenvalue weighted by Crippen LogP contribution is -2.53. The second-order valence-electron chi connectivity index (χ2n) is 7.89. The van der Waals surface area contributed by atoms with Crippen molar-refractivity contribution in [2.45, 2.75) is 18.7 Å². The highest BCUT2D eigenvalue weighted by molar-refractivity contribution is 7.88. The zero-order valence-electron chi connectivity index (χ0n) is 17.6. The standard InChI is InChI=1S/C24H27N3O3S/c1-19(25-23-12-11-21-9-5-6-10-22(21)17-23)24(28)26-13-15-27(16-14-26)31(29,30)18-20-7-3-2-4-8-20/h2-12,17,19,25H,13-16,18H2,1H3. The number of hydrogen-bond acceptors (Lipinski definition) is 4. The number of carbonyl (C=O) groups excluding carboxylic acids is 1. The van der Waals surface area contributed by atoms with Gasteiger partial charge in [-0.1, -0.05) is 60.7 Å². The highest BCUT2D eigenvalue weighted by Gasteiger charge is 2.30. The van der Waals surface area contributed by atoms with E-state index in [9.17, 15) is 13.2 Å². The zero-order valence-corrected chi connectivity index (χ0v) is 18.4. The Hall–Kier alpha value is -2.90. The maximum Gasteiger partial charge on any atom is 0.244 e. The van der Waals surface area contributed by atoms with E-state index in [0.717, 1.165) is 22.0 Å². The molecule has 0 saturated carbocycles. The van der Waals surface area contributed by atoms with E-state index in [2.05, 4.69) is 11.4 Å². The van der Waals surface area contributed by atoms with Crippen molar-refractivity contribution in [2.75, 3.05) is 31.5 Å². The molecule has 1 N–H and O–H groups in total. The van der Waals surface area contributed by atoms with E-state index in [4.69, 9.17) is 0 Å². The molecule has 7 heteroatoms. The topological polar surface area (TPSA) is 69.7 Å². The zero-order chi connectivity index (χ0) is 21.8. The Bertz CT molecular complexity index is 1160. The summed E-state index contributed by atoms with van der Waals surface area (Å²) in [5.41, 5.74) is 1.66. The molecule has 1 fully saturated rings. The molecule has 0 aromatic heterocycles. The molecule has 3 aromatic carbocycles. The van der Waals surface area contributed by atoms with Gasteiger partial charge in [-0.3, -0.25) is 4.79 Å². The Kier molecular flexibility index (Phi) is 6.25. The molecule has 0 bridgehead atoms. The van der Waals surface area contributed by atoms with Gasteiger partial charge in [-0.2, -0.15) is 4.31 Å². The fraction of sp³-hybridized carbons (Fsp3) is 0.292. The van der Waals surface area contributed by atoms with Crippen LogP contribution >= 0.6 is 0 Å². The predicted molar refractivity (Wildman–Crippen MR) is 124 cm³/mol. The molecule has 1 atom stereocenters. The summed E-state index contributed by atoms with van der Waals surface area (Å²) in [6.07, 6.45) is 0. The molecule has 0 radical (unpaired) electrons. The van der Waals surface area contributed by atoms with E-state index >= 15 is 0 Å². The Labute approximate surface area is 183 Å². The van der Waals surface area contributed by atoms with Crippen LogP contribution in [0.25, 0.3) is 10.8 Å². The van der Waals surface area contributed by atoms with Crippen LogP contribution in [0.15, 0.2) is 72.8 Å². The summed E-state index contributed by atoms with van der Waals surface area (Å²) in [4.78, 5) is 14.7. The third kappa shape index (κ3) is 5.06. The first kappa shape index (κ1) is 21.3. The van der Waals surface area contributed by atoms with Crippen LogP contribution in [0.1, 0.15) is 12.5 Å². The highest BCUT2D eigenvalue weighted by atomic mass is 32.2. The van der Waals surface area contributed by atoms with Gasteiger partial charge in [0.25, 0.3) is 0 Å². The fourth-order valence-corrected chi connectivity index (χ4v) is 5.44. The number of rotatable bonds is 6. The van der Waals surface area contributed by atoms with Crippen molar-refractivity contribution < 1.29 is 13.2 Å². The van der Waals surface area contributed by atoms with E-state index in [1.54, 1.807) is 4.90 Å². The number of sulfonamides is 1. The number of anilines is 1. The Morgan fingerprint density at radius 1 is 0.903 bits per heavy atom. The van der Waals surface area contributed by atoms with Gasteiger partial charge in [0.1, 0.15) is 6.04 Å². The third-order valence-corrected chi connectivity index (χ3v) is 7.49. The summed E-state index contributed by atoms with van der Waals surface area (Å²) in [7, 11) is -3.40. The van der Waals surface area contributed by atoms with Gasteiger partial charge in [0.05, 0.1) is 5.75 Å². The molecule has 1 unspecified atom stereocenters. The monoisotopic (exact) mass is 437 g/mol. The maximum atomic E-state index is 12.9. The van der Waals surface area contributed by atoms with Crippen LogP contribution < -0.4 is 5.32 Å². The molecule has 1 heterocycles. The SMILES string of the molecule is CC(Nc1ccc2ccccc2c1)C(=O)N1CCN(S(=O)(=O)Cc2ccccc2)CC1. The van der Waals surface area contributed by atoms with E-state index in [1.165, 1.54) is 4.31 Å². The van der Waals surface area contributed by atoms with Crippen molar-refractivity contribution in [3.63, 3.8) is 0 Å². The number of amides is 1. The van der Waals surface area contributed by atoms with Crippen molar-refractivity contribution in [2.24, 2.45) is 0 Å². The molecular weight excluding hydrogens is 410 g/mol. The third-order valence-electron chi connectivity index (χ3n) is 5.64. The minimum atomic E-state index is -3.40. The number of piperazine rings is 1. The first-order chi connectivity index (χ1) is 14.9. The fourth-order valence-electron chi connectivity index (χ4n) is 3.93. The van der Waals surface area contributed by atoms with Crippen LogP contribution in [-0.4, -0.2) is 55.8 Å². The van der Waals surface area contributed by atoms with Gasteiger partial charge in [-0.15, -0.1) is 0 Å². The van der Waals surface area contributed by atoms with E-state index < -0.39 is 16.1 Å². The number of nitrogens with one attached hydrogen (secondary N) is 1. The van der Waals surface area contributed by atoms with Crippen molar-refractivity contribution in [1.82, 2.24) is 9.21 Å². The van der Waals surface area contributed by atoms with Gasteiger partial charge < -0.3 is 10.2 Å². The average Bonchev–Trinajstić information content (AvgIpc) is 2.79. The number of fused-ring (bicyclic) bond motifs is 1. The number of nitrogens with zero attached hydrogens (tertiary/aromatic N) is 2. The number of hydrogen-bond donors (Lipinski definition) is 1. The average molecular weight is 438 g/mol. The number of carbonyl (C=O) groups is 1. The lowest BCUT2D eigenvalue weighted by atomic mass is 10.1. The molecule has 1 aliphatic rings. The van der Waals surface area contributed by atoms with Crippen molar-refractivity contribution >= 4 is 32.4 Å². The van der Waals surface area contributed by atoms with Gasteiger partial charge in [0, 0.05) is 31.9 Å². The molecule has 1 saturated heterocycles. The quantitative estimate of drug-likeness (QED) is 0.642. The molecular formula is C24H27N3O3S. The van der Waals surface area contributed by atoms with E-state index in [-0.39, 0.29) is 11.7 Å². The molecule has 0 spiro atoms. The van der Waals surface area contributed by atoms with Gasteiger partial charge in [-0.05, 0) is 35.4 Å². The molecule has 1 amide bonds. The summed E-state index contributed by atoms with van der Waals surface area (Å²) in [6, 6.07) is 22.9. The molecule has 1 aliphatic heterocycles. The second kappa shape index (κ2) is 9.08. The van der Waals surface area contributed by atoms with Crippen LogP contribution in [0.3, 0.4) is 0 Å². The molecule has 3 aromatic rings. The summed E-state index contributed by atoms with van der Waals surface area (Å²) in [5, 5.41) is 5.55. The Morgan fingerprint density at radius 3 is 2.26 bits per heavy atom. The van der Waals surface area contributed by atoms with Gasteiger partial charge >= 0.3 is 0 Å². The van der Waals surface area contributed by atoms with Crippen LogP contribution in [0.4, 0.5) is 5.69 Å². The van der Waals surface area contributed by atoms with E-state index in [0.29, 0.717) is 26.2 Å². The van der Waals surface area contributed by atoms with Crippen LogP contribution in [0.5, 0.6) is 0 Å². The van der Waals surface area contributed by atoms with Crippen LogP contribution in [0, 0.1) is 0 Å². The number of benzene rings is 3.